The van der Waals surface area contributed by atoms with E-state index in [1.54, 1.807) is 24.3 Å². The van der Waals surface area contributed by atoms with E-state index in [1.807, 2.05) is 0 Å². The fourth-order valence-corrected chi connectivity index (χ4v) is 3.10. The predicted molar refractivity (Wildman–Crippen MR) is 119 cm³/mol. The molecule has 0 aliphatic rings. The van der Waals surface area contributed by atoms with Crippen molar-refractivity contribution in [3.05, 3.63) is 29.8 Å². The van der Waals surface area contributed by atoms with Gasteiger partial charge in [-0.15, -0.1) is 11.8 Å². The van der Waals surface area contributed by atoms with E-state index in [4.69, 9.17) is 5.11 Å². The second-order valence-electron chi connectivity index (χ2n) is 6.92. The topological polar surface area (TPSA) is 49.3 Å². The molecule has 0 atom stereocenters. The number of carbonyl (C=O) groups is 1. The number of hydrogen-bond acceptors (Lipinski definition) is 3. The zero-order chi connectivity index (χ0) is 19.6. The van der Waals surface area contributed by atoms with Crippen molar-refractivity contribution in [2.45, 2.75) is 77.0 Å². The Labute approximate surface area is 170 Å². The van der Waals surface area contributed by atoms with Crippen LogP contribution in [0.4, 0.5) is 5.69 Å². The van der Waals surface area contributed by atoms with Gasteiger partial charge in [-0.2, -0.15) is 12.6 Å². The Bertz CT molecular complexity index is 560. The minimum atomic E-state index is -0.892. The lowest BCUT2D eigenvalue weighted by molar-refractivity contribution is 0.0697. The van der Waals surface area contributed by atoms with Crippen molar-refractivity contribution in [1.29, 1.82) is 0 Å². The van der Waals surface area contributed by atoms with Crippen molar-refractivity contribution >= 4 is 24.3 Å². The smallest absolute Gasteiger partial charge is 0.335 e. The van der Waals surface area contributed by atoms with E-state index >= 15 is 0 Å². The van der Waals surface area contributed by atoms with Gasteiger partial charge in [-0.3, -0.25) is 0 Å². The quantitative estimate of drug-likeness (QED) is 0.184. The van der Waals surface area contributed by atoms with Gasteiger partial charge < -0.3 is 10.4 Å². The van der Waals surface area contributed by atoms with E-state index in [2.05, 4.69) is 29.8 Å². The molecule has 2 N–H and O–H groups in total. The van der Waals surface area contributed by atoms with Gasteiger partial charge in [0.2, 0.25) is 0 Å². The molecule has 3 nitrogen and oxygen atoms in total. The molecule has 4 heteroatoms. The molecule has 0 radical (unpaired) electrons. The number of aromatic carboxylic acids is 1. The maximum Gasteiger partial charge on any atom is 0.335 e. The van der Waals surface area contributed by atoms with Crippen LogP contribution in [0.1, 0.15) is 87.4 Å². The molecule has 1 rings (SSSR count). The normalized spacial score (nSPS) is 10.3. The Morgan fingerprint density at radius 1 is 0.815 bits per heavy atom. The Morgan fingerprint density at radius 2 is 1.33 bits per heavy atom. The van der Waals surface area contributed by atoms with Gasteiger partial charge in [0.1, 0.15) is 0 Å². The van der Waals surface area contributed by atoms with Crippen molar-refractivity contribution in [2.75, 3.05) is 17.6 Å². The molecule has 1 aromatic carbocycles. The lowest BCUT2D eigenvalue weighted by Gasteiger charge is -2.04. The average molecular weight is 390 g/mol. The van der Waals surface area contributed by atoms with Crippen LogP contribution in [0.3, 0.4) is 0 Å². The molecule has 0 spiro atoms. The molecule has 0 saturated heterocycles. The number of hydrogen-bond donors (Lipinski definition) is 3. The molecule has 27 heavy (non-hydrogen) atoms. The maximum absolute atomic E-state index is 10.8. The summed E-state index contributed by atoms with van der Waals surface area (Å²) in [7, 11) is 0. The Morgan fingerprint density at radius 3 is 1.89 bits per heavy atom. The Hall–Kier alpha value is -1.60. The number of carboxylic acids is 1. The zero-order valence-electron chi connectivity index (χ0n) is 16.5. The molecule has 0 aromatic heterocycles. The summed E-state index contributed by atoms with van der Waals surface area (Å²) in [5, 5.41) is 12.2. The van der Waals surface area contributed by atoms with Gasteiger partial charge in [0.25, 0.3) is 0 Å². The van der Waals surface area contributed by atoms with E-state index < -0.39 is 5.97 Å². The Balaban J connectivity index is 1.89. The number of anilines is 1. The standard InChI is InChI=1S/C23H35NO2S/c25-23(26)21-15-17-22(18-16-21)24-19-13-11-9-7-5-3-1-2-4-6-8-10-12-14-20-27/h15-18,24,27H,1-6,8,10-14,19-20H2,(H,25,26). The molecule has 0 aliphatic heterocycles. The number of nitrogens with one attached hydrogen (secondary N) is 1. The number of carboxylic acid groups (broad SMARTS) is 1. The highest BCUT2D eigenvalue weighted by Gasteiger charge is 2.00. The maximum atomic E-state index is 10.8. The first-order valence-electron chi connectivity index (χ1n) is 10.4. The van der Waals surface area contributed by atoms with Crippen molar-refractivity contribution in [3.8, 4) is 11.8 Å². The largest absolute Gasteiger partial charge is 0.478 e. The lowest BCUT2D eigenvalue weighted by atomic mass is 10.1. The molecule has 1 aromatic rings. The van der Waals surface area contributed by atoms with Crippen molar-refractivity contribution in [3.63, 3.8) is 0 Å². The van der Waals surface area contributed by atoms with Gasteiger partial charge in [-0.25, -0.2) is 4.79 Å². The third-order valence-electron chi connectivity index (χ3n) is 4.52. The SMILES string of the molecule is O=C(O)c1ccc(NCCCC#CCCCCCCCCCCCS)cc1. The summed E-state index contributed by atoms with van der Waals surface area (Å²) < 4.78 is 0. The first-order valence-corrected chi connectivity index (χ1v) is 11.0. The molecule has 0 unspecified atom stereocenters. The van der Waals surface area contributed by atoms with Crippen LogP contribution < -0.4 is 5.32 Å². The van der Waals surface area contributed by atoms with Crippen LogP contribution in [-0.4, -0.2) is 23.4 Å². The molecule has 0 fully saturated rings. The fraction of sp³-hybridized carbons (Fsp3) is 0.609. The summed E-state index contributed by atoms with van der Waals surface area (Å²) in [6, 6.07) is 6.84. The van der Waals surface area contributed by atoms with E-state index in [0.717, 1.165) is 37.2 Å². The van der Waals surface area contributed by atoms with Crippen LogP contribution in [0.5, 0.6) is 0 Å². The highest BCUT2D eigenvalue weighted by atomic mass is 32.1. The molecular formula is C23H35NO2S. The van der Waals surface area contributed by atoms with Gasteiger partial charge in [0.05, 0.1) is 5.56 Å². The van der Waals surface area contributed by atoms with Gasteiger partial charge >= 0.3 is 5.97 Å². The summed E-state index contributed by atoms with van der Waals surface area (Å²) in [6.07, 6.45) is 14.9. The van der Waals surface area contributed by atoms with Crippen LogP contribution in [0, 0.1) is 11.8 Å². The Kier molecular flexibility index (Phi) is 14.4. The minimum Gasteiger partial charge on any atom is -0.478 e. The van der Waals surface area contributed by atoms with Gasteiger partial charge in [0.15, 0.2) is 0 Å². The fourth-order valence-electron chi connectivity index (χ4n) is 2.88. The lowest BCUT2D eigenvalue weighted by Crippen LogP contribution is -2.02. The first-order chi connectivity index (χ1) is 13.2. The monoisotopic (exact) mass is 389 g/mol. The van der Waals surface area contributed by atoms with Gasteiger partial charge in [-0.05, 0) is 49.3 Å². The molecular weight excluding hydrogens is 354 g/mol. The number of rotatable bonds is 15. The third kappa shape index (κ3) is 13.2. The number of unbranched alkanes of at least 4 members (excludes halogenated alkanes) is 10. The predicted octanol–water partition coefficient (Wildman–Crippen LogP) is 6.41. The van der Waals surface area contributed by atoms with Crippen molar-refractivity contribution in [1.82, 2.24) is 0 Å². The number of benzene rings is 1. The second kappa shape index (κ2) is 16.6. The van der Waals surface area contributed by atoms with E-state index in [1.165, 1.54) is 57.8 Å². The van der Waals surface area contributed by atoms with Crippen LogP contribution in [0.15, 0.2) is 24.3 Å². The highest BCUT2D eigenvalue weighted by Crippen LogP contribution is 2.11. The molecule has 0 saturated carbocycles. The third-order valence-corrected chi connectivity index (χ3v) is 4.84. The van der Waals surface area contributed by atoms with Crippen LogP contribution in [0.25, 0.3) is 0 Å². The van der Waals surface area contributed by atoms with Gasteiger partial charge in [0, 0.05) is 25.1 Å². The minimum absolute atomic E-state index is 0.315. The molecule has 0 amide bonds. The van der Waals surface area contributed by atoms with E-state index in [9.17, 15) is 4.79 Å². The molecule has 0 aliphatic carbocycles. The molecule has 150 valence electrons. The zero-order valence-corrected chi connectivity index (χ0v) is 17.4. The highest BCUT2D eigenvalue weighted by molar-refractivity contribution is 7.80. The van der Waals surface area contributed by atoms with E-state index in [0.29, 0.717) is 5.56 Å². The van der Waals surface area contributed by atoms with Crippen molar-refractivity contribution in [2.24, 2.45) is 0 Å². The molecule has 0 heterocycles. The van der Waals surface area contributed by atoms with Crippen LogP contribution in [-0.2, 0) is 0 Å². The first kappa shape index (κ1) is 23.4. The average Bonchev–Trinajstić information content (AvgIpc) is 2.68. The van der Waals surface area contributed by atoms with E-state index in [-0.39, 0.29) is 0 Å². The summed E-state index contributed by atoms with van der Waals surface area (Å²) in [6.45, 7) is 0.856. The van der Waals surface area contributed by atoms with Crippen LogP contribution in [0.2, 0.25) is 0 Å². The summed E-state index contributed by atoms with van der Waals surface area (Å²) in [4.78, 5) is 10.8. The summed E-state index contributed by atoms with van der Waals surface area (Å²) in [5.74, 6) is 6.67. The van der Waals surface area contributed by atoms with Crippen LogP contribution >= 0.6 is 12.6 Å². The summed E-state index contributed by atoms with van der Waals surface area (Å²) >= 11 is 4.24. The second-order valence-corrected chi connectivity index (χ2v) is 7.37. The summed E-state index contributed by atoms with van der Waals surface area (Å²) in [5.41, 5.74) is 1.27. The van der Waals surface area contributed by atoms with Crippen molar-refractivity contribution < 1.29 is 9.90 Å². The molecule has 0 bridgehead atoms. The number of thiol groups is 1. The van der Waals surface area contributed by atoms with Gasteiger partial charge in [-0.1, -0.05) is 44.9 Å².